The number of rotatable bonds is 3. The van der Waals surface area contributed by atoms with E-state index in [1.165, 1.54) is 4.90 Å². The number of primary amides is 1. The lowest BCUT2D eigenvalue weighted by Crippen LogP contribution is -2.61. The molecular weight excluding hydrogens is 234 g/mol. The van der Waals surface area contributed by atoms with E-state index >= 15 is 0 Å². The number of carbonyl (C=O) groups is 3. The van der Waals surface area contributed by atoms with Crippen molar-refractivity contribution in [2.75, 3.05) is 6.54 Å². The maximum Gasteiger partial charge on any atom is 0.245 e. The smallest absolute Gasteiger partial charge is 0.245 e. The van der Waals surface area contributed by atoms with Gasteiger partial charge in [-0.05, 0) is 13.3 Å². The standard InChI is InChI=1S/C12H21N3O3/c1-7(14-11(18)12(2,3)4)10(17)15-6-5-8(15)9(13)16/h7-8H,5-6H2,1-4H3,(H2,13,16)(H,14,18). The summed E-state index contributed by atoms with van der Waals surface area (Å²) in [6.07, 6.45) is 0.598. The molecule has 0 aromatic carbocycles. The van der Waals surface area contributed by atoms with E-state index in [-0.39, 0.29) is 11.8 Å². The van der Waals surface area contributed by atoms with Crippen molar-refractivity contribution in [2.45, 2.75) is 46.2 Å². The van der Waals surface area contributed by atoms with Crippen molar-refractivity contribution >= 4 is 17.7 Å². The second-order valence-corrected chi connectivity index (χ2v) is 5.68. The van der Waals surface area contributed by atoms with E-state index in [9.17, 15) is 14.4 Å². The third kappa shape index (κ3) is 3.00. The van der Waals surface area contributed by atoms with Crippen LogP contribution in [0.5, 0.6) is 0 Å². The van der Waals surface area contributed by atoms with Gasteiger partial charge in [-0.3, -0.25) is 14.4 Å². The van der Waals surface area contributed by atoms with Crippen LogP contribution in [0.25, 0.3) is 0 Å². The molecule has 18 heavy (non-hydrogen) atoms. The van der Waals surface area contributed by atoms with Gasteiger partial charge >= 0.3 is 0 Å². The molecule has 2 unspecified atom stereocenters. The summed E-state index contributed by atoms with van der Waals surface area (Å²) in [4.78, 5) is 36.2. The van der Waals surface area contributed by atoms with Gasteiger partial charge in [0.1, 0.15) is 12.1 Å². The number of nitrogens with one attached hydrogen (secondary N) is 1. The maximum atomic E-state index is 12.0. The predicted molar refractivity (Wildman–Crippen MR) is 66.4 cm³/mol. The van der Waals surface area contributed by atoms with Gasteiger partial charge in [-0.1, -0.05) is 20.8 Å². The van der Waals surface area contributed by atoms with Crippen molar-refractivity contribution < 1.29 is 14.4 Å². The molecule has 0 spiro atoms. The predicted octanol–water partition coefficient (Wildman–Crippen LogP) is -0.377. The normalized spacial score (nSPS) is 20.9. The Hall–Kier alpha value is -1.59. The van der Waals surface area contributed by atoms with Crippen LogP contribution in [0.1, 0.15) is 34.1 Å². The monoisotopic (exact) mass is 255 g/mol. The lowest BCUT2D eigenvalue weighted by atomic mass is 9.95. The van der Waals surface area contributed by atoms with Crippen molar-refractivity contribution in [2.24, 2.45) is 11.1 Å². The molecule has 1 aliphatic rings. The Labute approximate surface area is 107 Å². The quantitative estimate of drug-likeness (QED) is 0.720. The van der Waals surface area contributed by atoms with Gasteiger partial charge in [0, 0.05) is 12.0 Å². The van der Waals surface area contributed by atoms with Gasteiger partial charge in [0.2, 0.25) is 17.7 Å². The van der Waals surface area contributed by atoms with Gasteiger partial charge in [-0.2, -0.15) is 0 Å². The number of hydrogen-bond acceptors (Lipinski definition) is 3. The maximum absolute atomic E-state index is 12.0. The van der Waals surface area contributed by atoms with Crippen LogP contribution in [0, 0.1) is 5.41 Å². The second kappa shape index (κ2) is 4.96. The molecule has 0 radical (unpaired) electrons. The van der Waals surface area contributed by atoms with E-state index in [2.05, 4.69) is 5.32 Å². The average Bonchev–Trinajstić information content (AvgIpc) is 2.12. The first-order valence-corrected chi connectivity index (χ1v) is 6.05. The molecule has 1 heterocycles. The first-order chi connectivity index (χ1) is 8.14. The number of hydrogen-bond donors (Lipinski definition) is 2. The van der Waals surface area contributed by atoms with Gasteiger partial charge in [0.15, 0.2) is 0 Å². The fourth-order valence-corrected chi connectivity index (χ4v) is 1.67. The minimum Gasteiger partial charge on any atom is -0.368 e. The van der Waals surface area contributed by atoms with Crippen LogP contribution in [-0.4, -0.2) is 41.2 Å². The first kappa shape index (κ1) is 14.5. The summed E-state index contributed by atoms with van der Waals surface area (Å²) in [5.74, 6) is -0.953. The molecule has 3 amide bonds. The van der Waals surface area contributed by atoms with Crippen LogP contribution < -0.4 is 11.1 Å². The van der Waals surface area contributed by atoms with E-state index in [4.69, 9.17) is 5.73 Å². The highest BCUT2D eigenvalue weighted by molar-refractivity contribution is 5.93. The molecule has 1 saturated heterocycles. The summed E-state index contributed by atoms with van der Waals surface area (Å²) in [6, 6.07) is -1.16. The number of nitrogens with two attached hydrogens (primary N) is 1. The summed E-state index contributed by atoms with van der Waals surface area (Å²) in [6.45, 7) is 7.45. The van der Waals surface area contributed by atoms with Gasteiger partial charge in [0.05, 0.1) is 0 Å². The molecule has 6 heteroatoms. The highest BCUT2D eigenvalue weighted by Crippen LogP contribution is 2.19. The Balaban J connectivity index is 2.58. The van der Waals surface area contributed by atoms with E-state index in [0.717, 1.165) is 0 Å². The van der Waals surface area contributed by atoms with Crippen molar-refractivity contribution in [3.63, 3.8) is 0 Å². The molecule has 0 aliphatic carbocycles. The van der Waals surface area contributed by atoms with Crippen molar-refractivity contribution in [1.29, 1.82) is 0 Å². The highest BCUT2D eigenvalue weighted by atomic mass is 16.2. The zero-order valence-corrected chi connectivity index (χ0v) is 11.3. The molecule has 3 N–H and O–H groups in total. The van der Waals surface area contributed by atoms with E-state index in [1.807, 2.05) is 0 Å². The molecule has 0 aromatic heterocycles. The van der Waals surface area contributed by atoms with E-state index < -0.39 is 23.4 Å². The van der Waals surface area contributed by atoms with Crippen LogP contribution in [-0.2, 0) is 14.4 Å². The summed E-state index contributed by atoms with van der Waals surface area (Å²) >= 11 is 0. The second-order valence-electron chi connectivity index (χ2n) is 5.68. The zero-order valence-electron chi connectivity index (χ0n) is 11.3. The number of likely N-dealkylation sites (tertiary alicyclic amines) is 1. The van der Waals surface area contributed by atoms with E-state index in [1.54, 1.807) is 27.7 Å². The Bertz CT molecular complexity index is 373. The van der Waals surface area contributed by atoms with Crippen LogP contribution in [0.4, 0.5) is 0 Å². The molecule has 0 aromatic rings. The molecule has 1 rings (SSSR count). The van der Waals surface area contributed by atoms with Crippen molar-refractivity contribution in [3.8, 4) is 0 Å². The lowest BCUT2D eigenvalue weighted by molar-refractivity contribution is -0.148. The van der Waals surface area contributed by atoms with Crippen molar-refractivity contribution in [1.82, 2.24) is 10.2 Å². The Morgan fingerprint density at radius 2 is 1.89 bits per heavy atom. The SMILES string of the molecule is CC(NC(=O)C(C)(C)C)C(=O)N1CCC1C(N)=O. The average molecular weight is 255 g/mol. The number of carbonyl (C=O) groups excluding carboxylic acids is 3. The molecule has 0 bridgehead atoms. The van der Waals surface area contributed by atoms with Crippen LogP contribution in [0.3, 0.4) is 0 Å². The van der Waals surface area contributed by atoms with Gasteiger partial charge in [0.25, 0.3) is 0 Å². The fourth-order valence-electron chi connectivity index (χ4n) is 1.67. The lowest BCUT2D eigenvalue weighted by Gasteiger charge is -2.40. The third-order valence-electron chi connectivity index (χ3n) is 3.03. The Morgan fingerprint density at radius 1 is 1.33 bits per heavy atom. The van der Waals surface area contributed by atoms with Crippen LogP contribution >= 0.6 is 0 Å². The molecule has 102 valence electrons. The molecule has 0 saturated carbocycles. The minimum atomic E-state index is -0.640. The summed E-state index contributed by atoms with van der Waals surface area (Å²) < 4.78 is 0. The van der Waals surface area contributed by atoms with Gasteiger partial charge in [-0.15, -0.1) is 0 Å². The zero-order chi connectivity index (χ0) is 14.1. The molecule has 1 aliphatic heterocycles. The van der Waals surface area contributed by atoms with Gasteiger partial charge < -0.3 is 16.0 Å². The Kier molecular flexibility index (Phi) is 3.98. The number of nitrogens with zero attached hydrogens (tertiary/aromatic N) is 1. The first-order valence-electron chi connectivity index (χ1n) is 6.05. The topological polar surface area (TPSA) is 92.5 Å². The summed E-state index contributed by atoms with van der Waals surface area (Å²) in [7, 11) is 0. The van der Waals surface area contributed by atoms with Crippen molar-refractivity contribution in [3.05, 3.63) is 0 Å². The largest absolute Gasteiger partial charge is 0.368 e. The molecule has 1 fully saturated rings. The van der Waals surface area contributed by atoms with Crippen LogP contribution in [0.15, 0.2) is 0 Å². The Morgan fingerprint density at radius 3 is 2.22 bits per heavy atom. The minimum absolute atomic E-state index is 0.195. The van der Waals surface area contributed by atoms with Crippen LogP contribution in [0.2, 0.25) is 0 Å². The third-order valence-corrected chi connectivity index (χ3v) is 3.03. The van der Waals surface area contributed by atoms with E-state index in [0.29, 0.717) is 13.0 Å². The summed E-state index contributed by atoms with van der Waals surface area (Å²) in [5, 5.41) is 2.65. The summed E-state index contributed by atoms with van der Waals surface area (Å²) in [5.41, 5.74) is 4.63. The fraction of sp³-hybridized carbons (Fsp3) is 0.750. The number of amides is 3. The van der Waals surface area contributed by atoms with Gasteiger partial charge in [-0.25, -0.2) is 0 Å². The molecule has 6 nitrogen and oxygen atoms in total. The molecule has 2 atom stereocenters. The highest BCUT2D eigenvalue weighted by Gasteiger charge is 2.38. The molecular formula is C12H21N3O3.